The quantitative estimate of drug-likeness (QED) is 0.0385. The fraction of sp³-hybridized carbons (Fsp3) is 0.314. The average Bonchev–Trinajstić information content (AvgIpc) is 3.07. The molecule has 3 aromatic rings. The average molecular weight is 703 g/mol. The molecule has 0 N–H and O–H groups in total. The highest BCUT2D eigenvalue weighted by Crippen LogP contribution is 2.48. The number of nitro benzene ring substituents is 4. The molecular formula is C35H34N4O12. The maximum Gasteiger partial charge on any atom is 0.344 e. The second kappa shape index (κ2) is 15.9. The number of allylic oxidation sites excluding steroid dienone is 3. The Kier molecular flexibility index (Phi) is 11.7. The van der Waals surface area contributed by atoms with Gasteiger partial charge in [-0.15, -0.1) is 0 Å². The number of esters is 2. The summed E-state index contributed by atoms with van der Waals surface area (Å²) in [4.78, 5) is 70.0. The Labute approximate surface area is 291 Å². The normalized spacial score (nSPS) is 15.3. The van der Waals surface area contributed by atoms with Gasteiger partial charge in [0.05, 0.1) is 43.0 Å². The molecule has 0 spiro atoms. The minimum absolute atomic E-state index is 0.0989. The van der Waals surface area contributed by atoms with Crippen molar-refractivity contribution in [3.8, 4) is 11.5 Å². The maximum atomic E-state index is 13.7. The van der Waals surface area contributed by atoms with Gasteiger partial charge in [0.15, 0.2) is 0 Å². The van der Waals surface area contributed by atoms with Gasteiger partial charge in [0.25, 0.3) is 22.7 Å². The highest BCUT2D eigenvalue weighted by Gasteiger charge is 2.34. The van der Waals surface area contributed by atoms with E-state index in [1.54, 1.807) is 12.1 Å². The number of aryl methyl sites for hydroxylation is 1. The Balaban J connectivity index is 1.95. The molecule has 0 saturated carbocycles. The Morgan fingerprint density at radius 1 is 0.745 bits per heavy atom. The summed E-state index contributed by atoms with van der Waals surface area (Å²) in [5, 5.41) is 46.2. The molecule has 0 amide bonds. The summed E-state index contributed by atoms with van der Waals surface area (Å²) >= 11 is 0. The van der Waals surface area contributed by atoms with Crippen molar-refractivity contribution in [3.63, 3.8) is 0 Å². The fourth-order valence-corrected chi connectivity index (χ4v) is 5.95. The lowest BCUT2D eigenvalue weighted by Gasteiger charge is -2.32. The maximum absolute atomic E-state index is 13.7. The van der Waals surface area contributed by atoms with E-state index in [0.717, 1.165) is 48.3 Å². The molecule has 0 heterocycles. The van der Waals surface area contributed by atoms with Crippen LogP contribution in [0.25, 0.3) is 0 Å². The largest absolute Gasteiger partial charge is 0.422 e. The molecule has 16 heteroatoms. The first-order valence-electron chi connectivity index (χ1n) is 15.9. The van der Waals surface area contributed by atoms with Crippen molar-refractivity contribution in [3.05, 3.63) is 135 Å². The van der Waals surface area contributed by atoms with E-state index in [0.29, 0.717) is 43.4 Å². The Hall–Kier alpha value is -6.32. The second-order valence-electron chi connectivity index (χ2n) is 12.3. The number of carbonyl (C=O) groups excluding carboxylic acids is 2. The molecule has 266 valence electrons. The topological polar surface area (TPSA) is 225 Å². The Bertz CT molecular complexity index is 1810. The summed E-state index contributed by atoms with van der Waals surface area (Å²) in [6, 6.07) is 7.93. The van der Waals surface area contributed by atoms with Crippen LogP contribution in [0.2, 0.25) is 0 Å². The Morgan fingerprint density at radius 3 is 1.55 bits per heavy atom. The van der Waals surface area contributed by atoms with Gasteiger partial charge in [-0.1, -0.05) is 43.6 Å². The van der Waals surface area contributed by atoms with E-state index < -0.39 is 71.4 Å². The first-order valence-corrected chi connectivity index (χ1v) is 15.9. The van der Waals surface area contributed by atoms with Crippen molar-refractivity contribution < 1.29 is 38.8 Å². The van der Waals surface area contributed by atoms with Gasteiger partial charge in [0, 0.05) is 35.7 Å². The van der Waals surface area contributed by atoms with Crippen molar-refractivity contribution in [2.75, 3.05) is 0 Å². The van der Waals surface area contributed by atoms with Gasteiger partial charge in [-0.05, 0) is 63.1 Å². The first kappa shape index (κ1) is 37.5. The number of benzene rings is 3. The third kappa shape index (κ3) is 9.03. The third-order valence-corrected chi connectivity index (χ3v) is 8.47. The summed E-state index contributed by atoms with van der Waals surface area (Å²) < 4.78 is 11.8. The third-order valence-electron chi connectivity index (χ3n) is 8.47. The van der Waals surface area contributed by atoms with Gasteiger partial charge in [-0.3, -0.25) is 40.5 Å². The van der Waals surface area contributed by atoms with Crippen LogP contribution in [0.4, 0.5) is 22.7 Å². The molecule has 0 bridgehead atoms. The summed E-state index contributed by atoms with van der Waals surface area (Å²) in [5.74, 6) is -3.39. The van der Waals surface area contributed by atoms with E-state index >= 15 is 0 Å². The number of nitrogens with zero attached hydrogens (tertiary/aromatic N) is 4. The van der Waals surface area contributed by atoms with Gasteiger partial charge in [-0.2, -0.15) is 0 Å². The molecule has 0 radical (unpaired) electrons. The Morgan fingerprint density at radius 2 is 1.18 bits per heavy atom. The van der Waals surface area contributed by atoms with Crippen molar-refractivity contribution >= 4 is 34.7 Å². The smallest absolute Gasteiger partial charge is 0.344 e. The van der Waals surface area contributed by atoms with Gasteiger partial charge in [0.2, 0.25) is 0 Å². The molecule has 0 saturated heterocycles. The van der Waals surface area contributed by atoms with E-state index in [2.05, 4.69) is 6.58 Å². The molecule has 4 rings (SSSR count). The number of unbranched alkanes of at least 4 members (excludes halogenated alkanes) is 2. The van der Waals surface area contributed by atoms with Crippen molar-refractivity contribution in [2.24, 2.45) is 5.92 Å². The van der Waals surface area contributed by atoms with Gasteiger partial charge >= 0.3 is 11.9 Å². The van der Waals surface area contributed by atoms with Crippen molar-refractivity contribution in [2.45, 2.75) is 65.2 Å². The SMILES string of the molecule is C=C(C)C1CCC(C)=CC1c1c(OC(=O)c2cc([N+](=O)[O-])cc([N+](=O)[O-])c2)cc(CCCCC)cc1OC(=O)c1cc([N+](=O)[O-])cc([N+](=O)[O-])c1. The lowest BCUT2D eigenvalue weighted by molar-refractivity contribution is -0.394. The van der Waals surface area contributed by atoms with Crippen molar-refractivity contribution in [1.29, 1.82) is 0 Å². The minimum atomic E-state index is -1.16. The molecule has 0 aliphatic heterocycles. The van der Waals surface area contributed by atoms with Crippen LogP contribution < -0.4 is 9.47 Å². The molecule has 2 atom stereocenters. The van der Waals surface area contributed by atoms with Crippen LogP contribution in [-0.2, 0) is 6.42 Å². The molecule has 1 aliphatic carbocycles. The standard InChI is InChI=1S/C35H34N4O12/c1-5-6-7-8-22-12-31(50-34(40)23-14-25(36(42)43)18-26(15-23)37(44)45)33(30-11-21(4)9-10-29(30)20(2)3)32(13-22)51-35(41)24-16-27(38(46)47)19-28(17-24)39(48)49/h11-19,29-30H,2,5-10H2,1,3-4H3. The summed E-state index contributed by atoms with van der Waals surface area (Å²) in [6.45, 7) is 9.83. The number of hydrogen-bond donors (Lipinski definition) is 0. The number of carbonyl (C=O) groups is 2. The van der Waals surface area contributed by atoms with Crippen LogP contribution in [0.15, 0.2) is 72.3 Å². The lowest BCUT2D eigenvalue weighted by atomic mass is 9.73. The summed E-state index contributed by atoms with van der Waals surface area (Å²) in [6.07, 6.45) is 6.03. The van der Waals surface area contributed by atoms with E-state index in [1.165, 1.54) is 0 Å². The molecule has 51 heavy (non-hydrogen) atoms. The summed E-state index contributed by atoms with van der Waals surface area (Å²) in [5.41, 5.74) is -1.33. The summed E-state index contributed by atoms with van der Waals surface area (Å²) in [7, 11) is 0. The van der Waals surface area contributed by atoms with E-state index in [1.807, 2.05) is 26.8 Å². The van der Waals surface area contributed by atoms with E-state index in [9.17, 15) is 50.0 Å². The van der Waals surface area contributed by atoms with Crippen LogP contribution in [-0.4, -0.2) is 31.6 Å². The number of non-ortho nitro benzene ring substituents is 4. The molecule has 1 aliphatic rings. The molecule has 16 nitrogen and oxygen atoms in total. The van der Waals surface area contributed by atoms with Gasteiger partial charge in [0.1, 0.15) is 11.5 Å². The van der Waals surface area contributed by atoms with Crippen LogP contribution in [0.5, 0.6) is 11.5 Å². The predicted molar refractivity (Wildman–Crippen MR) is 183 cm³/mol. The highest BCUT2D eigenvalue weighted by molar-refractivity contribution is 5.94. The van der Waals surface area contributed by atoms with Crippen molar-refractivity contribution in [1.82, 2.24) is 0 Å². The first-order chi connectivity index (χ1) is 24.1. The highest BCUT2D eigenvalue weighted by atomic mass is 16.6. The molecular weight excluding hydrogens is 668 g/mol. The predicted octanol–water partition coefficient (Wildman–Crippen LogP) is 8.51. The number of ether oxygens (including phenoxy) is 2. The minimum Gasteiger partial charge on any atom is -0.422 e. The van der Waals surface area contributed by atoms with E-state index in [4.69, 9.17) is 9.47 Å². The van der Waals surface area contributed by atoms with Gasteiger partial charge < -0.3 is 9.47 Å². The van der Waals surface area contributed by atoms with Crippen LogP contribution in [0.1, 0.15) is 90.6 Å². The molecule has 3 aromatic carbocycles. The van der Waals surface area contributed by atoms with Crippen LogP contribution >= 0.6 is 0 Å². The van der Waals surface area contributed by atoms with Gasteiger partial charge in [-0.25, -0.2) is 9.59 Å². The monoisotopic (exact) mass is 702 g/mol. The number of rotatable bonds is 14. The second-order valence-corrected chi connectivity index (χ2v) is 12.3. The number of hydrogen-bond acceptors (Lipinski definition) is 12. The van der Waals surface area contributed by atoms with Crippen LogP contribution in [0, 0.1) is 46.4 Å². The fourth-order valence-electron chi connectivity index (χ4n) is 5.95. The molecule has 0 fully saturated rings. The molecule has 2 unspecified atom stereocenters. The zero-order valence-electron chi connectivity index (χ0n) is 28.0. The number of nitro groups is 4. The van der Waals surface area contributed by atoms with E-state index in [-0.39, 0.29) is 23.0 Å². The zero-order valence-corrected chi connectivity index (χ0v) is 28.0. The molecule has 0 aromatic heterocycles. The zero-order chi connectivity index (χ0) is 37.6. The lowest BCUT2D eigenvalue weighted by Crippen LogP contribution is -2.21. The van der Waals surface area contributed by atoms with Crippen LogP contribution in [0.3, 0.4) is 0 Å².